The summed E-state index contributed by atoms with van der Waals surface area (Å²) in [5, 5.41) is 45.4. The van der Waals surface area contributed by atoms with Gasteiger partial charge in [-0.25, -0.2) is 0 Å². The van der Waals surface area contributed by atoms with Crippen LogP contribution in [0.1, 0.15) is 26.2 Å². The lowest BCUT2D eigenvalue weighted by Crippen LogP contribution is -2.45. The first kappa shape index (κ1) is 13.8. The highest BCUT2D eigenvalue weighted by atomic mass is 16.4. The number of unbranched alkanes of at least 4 members (excludes halogenated alkanes) is 1. The van der Waals surface area contributed by atoms with E-state index in [4.69, 9.17) is 10.2 Å². The third-order valence-corrected chi connectivity index (χ3v) is 2.18. The molecule has 14 heavy (non-hydrogen) atoms. The highest BCUT2D eigenvalue weighted by Crippen LogP contribution is 2.10. The van der Waals surface area contributed by atoms with Crippen molar-refractivity contribution >= 4 is 0 Å². The van der Waals surface area contributed by atoms with Gasteiger partial charge < -0.3 is 25.5 Å². The van der Waals surface area contributed by atoms with E-state index >= 15 is 0 Å². The average molecular weight is 208 g/mol. The quantitative estimate of drug-likeness (QED) is 0.355. The molecule has 0 aromatic carbocycles. The van der Waals surface area contributed by atoms with Crippen molar-refractivity contribution in [2.75, 3.05) is 6.61 Å². The summed E-state index contributed by atoms with van der Waals surface area (Å²) >= 11 is 0. The lowest BCUT2D eigenvalue weighted by atomic mass is 9.99. The standard InChI is InChI=1S/C9H20O5/c1-2-3-4-6(11)8(13)9(14)7(12)5-10/h6-14H,2-5H2,1H3/t6-,7+,8+,9+/m0/s1. The van der Waals surface area contributed by atoms with Crippen LogP contribution < -0.4 is 0 Å². The molecule has 0 fully saturated rings. The van der Waals surface area contributed by atoms with E-state index in [2.05, 4.69) is 0 Å². The molecule has 0 aromatic heterocycles. The van der Waals surface area contributed by atoms with E-state index in [1.165, 1.54) is 0 Å². The molecule has 0 amide bonds. The van der Waals surface area contributed by atoms with Crippen molar-refractivity contribution in [3.8, 4) is 0 Å². The first-order chi connectivity index (χ1) is 6.54. The van der Waals surface area contributed by atoms with Gasteiger partial charge in [0, 0.05) is 0 Å². The van der Waals surface area contributed by atoms with E-state index in [1.54, 1.807) is 0 Å². The molecule has 5 nitrogen and oxygen atoms in total. The Morgan fingerprint density at radius 3 is 1.86 bits per heavy atom. The maximum Gasteiger partial charge on any atom is 0.110 e. The highest BCUT2D eigenvalue weighted by Gasteiger charge is 2.29. The molecule has 0 rings (SSSR count). The van der Waals surface area contributed by atoms with Crippen LogP contribution in [0.2, 0.25) is 0 Å². The van der Waals surface area contributed by atoms with Gasteiger partial charge in [0.05, 0.1) is 12.7 Å². The number of aliphatic hydroxyl groups excluding tert-OH is 5. The van der Waals surface area contributed by atoms with Crippen molar-refractivity contribution in [2.45, 2.75) is 50.6 Å². The molecule has 0 heterocycles. The number of aliphatic hydroxyl groups is 5. The summed E-state index contributed by atoms with van der Waals surface area (Å²) in [7, 11) is 0. The van der Waals surface area contributed by atoms with Gasteiger partial charge in [0.25, 0.3) is 0 Å². The van der Waals surface area contributed by atoms with Crippen LogP contribution in [0.4, 0.5) is 0 Å². The van der Waals surface area contributed by atoms with Gasteiger partial charge in [-0.1, -0.05) is 19.8 Å². The van der Waals surface area contributed by atoms with Crippen molar-refractivity contribution in [1.29, 1.82) is 0 Å². The van der Waals surface area contributed by atoms with Crippen LogP contribution >= 0.6 is 0 Å². The number of hydrogen-bond acceptors (Lipinski definition) is 5. The molecule has 0 saturated carbocycles. The van der Waals surface area contributed by atoms with E-state index in [-0.39, 0.29) is 0 Å². The Balaban J connectivity index is 3.95. The predicted molar refractivity (Wildman–Crippen MR) is 50.6 cm³/mol. The van der Waals surface area contributed by atoms with Gasteiger partial charge in [0.15, 0.2) is 0 Å². The third-order valence-electron chi connectivity index (χ3n) is 2.18. The van der Waals surface area contributed by atoms with Crippen LogP contribution in [0.5, 0.6) is 0 Å². The fourth-order valence-corrected chi connectivity index (χ4v) is 1.15. The van der Waals surface area contributed by atoms with Crippen molar-refractivity contribution in [1.82, 2.24) is 0 Å². The Morgan fingerprint density at radius 2 is 1.43 bits per heavy atom. The van der Waals surface area contributed by atoms with Crippen LogP contribution in [0.3, 0.4) is 0 Å². The molecule has 0 aliphatic heterocycles. The first-order valence-corrected chi connectivity index (χ1v) is 4.87. The summed E-state index contributed by atoms with van der Waals surface area (Å²) in [6.45, 7) is 1.30. The predicted octanol–water partition coefficient (Wildman–Crippen LogP) is -1.39. The fraction of sp³-hybridized carbons (Fsp3) is 1.00. The summed E-state index contributed by atoms with van der Waals surface area (Å²) in [4.78, 5) is 0. The summed E-state index contributed by atoms with van der Waals surface area (Å²) in [5.41, 5.74) is 0. The van der Waals surface area contributed by atoms with Crippen LogP contribution in [-0.2, 0) is 0 Å². The molecule has 0 aliphatic rings. The zero-order valence-electron chi connectivity index (χ0n) is 8.37. The molecule has 0 radical (unpaired) electrons. The lowest BCUT2D eigenvalue weighted by Gasteiger charge is -2.25. The molecular weight excluding hydrogens is 188 g/mol. The minimum absolute atomic E-state index is 0.368. The maximum absolute atomic E-state index is 9.36. The van der Waals surface area contributed by atoms with Crippen LogP contribution in [-0.4, -0.2) is 56.6 Å². The molecule has 0 bridgehead atoms. The second-order valence-corrected chi connectivity index (χ2v) is 3.44. The van der Waals surface area contributed by atoms with Crippen molar-refractivity contribution in [3.05, 3.63) is 0 Å². The zero-order valence-corrected chi connectivity index (χ0v) is 8.37. The van der Waals surface area contributed by atoms with Crippen LogP contribution in [0.25, 0.3) is 0 Å². The highest BCUT2D eigenvalue weighted by molar-refractivity contribution is 4.80. The number of hydrogen-bond donors (Lipinski definition) is 5. The molecule has 4 atom stereocenters. The largest absolute Gasteiger partial charge is 0.394 e. The minimum Gasteiger partial charge on any atom is -0.394 e. The minimum atomic E-state index is -1.51. The normalized spacial score (nSPS) is 20.1. The molecule has 86 valence electrons. The monoisotopic (exact) mass is 208 g/mol. The van der Waals surface area contributed by atoms with E-state index in [0.717, 1.165) is 12.8 Å². The summed E-state index contributed by atoms with van der Waals surface area (Å²) in [6, 6.07) is 0. The molecule has 0 aliphatic carbocycles. The van der Waals surface area contributed by atoms with E-state index in [1.807, 2.05) is 6.92 Å². The average Bonchev–Trinajstić information content (AvgIpc) is 2.22. The molecule has 0 saturated heterocycles. The topological polar surface area (TPSA) is 101 Å². The Morgan fingerprint density at radius 1 is 0.929 bits per heavy atom. The molecule has 0 aromatic rings. The van der Waals surface area contributed by atoms with E-state index < -0.39 is 31.0 Å². The Kier molecular flexibility index (Phi) is 7.04. The molecule has 0 spiro atoms. The maximum atomic E-state index is 9.36. The Bertz CT molecular complexity index is 141. The summed E-state index contributed by atoms with van der Waals surface area (Å²) in [6.07, 6.45) is -3.42. The van der Waals surface area contributed by atoms with Crippen molar-refractivity contribution < 1.29 is 25.5 Å². The van der Waals surface area contributed by atoms with Crippen LogP contribution in [0, 0.1) is 0 Å². The molecule has 5 heteroatoms. The van der Waals surface area contributed by atoms with Gasteiger partial charge in [-0.3, -0.25) is 0 Å². The Hall–Kier alpha value is -0.200. The summed E-state index contributed by atoms with van der Waals surface area (Å²) < 4.78 is 0. The Labute approximate surface area is 83.6 Å². The van der Waals surface area contributed by atoms with Crippen LogP contribution in [0.15, 0.2) is 0 Å². The van der Waals surface area contributed by atoms with Gasteiger partial charge >= 0.3 is 0 Å². The van der Waals surface area contributed by atoms with Gasteiger partial charge in [0.1, 0.15) is 18.3 Å². The van der Waals surface area contributed by atoms with Gasteiger partial charge in [-0.05, 0) is 6.42 Å². The third kappa shape index (κ3) is 4.34. The lowest BCUT2D eigenvalue weighted by molar-refractivity contribution is -0.116. The van der Waals surface area contributed by atoms with E-state index in [9.17, 15) is 15.3 Å². The molecule has 5 N–H and O–H groups in total. The number of rotatable bonds is 7. The second-order valence-electron chi connectivity index (χ2n) is 3.44. The van der Waals surface area contributed by atoms with Gasteiger partial charge in [-0.15, -0.1) is 0 Å². The SMILES string of the molecule is CCCC[C@H](O)[C@@H](O)[C@H](O)[C@H](O)CO. The van der Waals surface area contributed by atoms with Crippen molar-refractivity contribution in [3.63, 3.8) is 0 Å². The first-order valence-electron chi connectivity index (χ1n) is 4.87. The molecular formula is C9H20O5. The molecule has 0 unspecified atom stereocenters. The van der Waals surface area contributed by atoms with Crippen molar-refractivity contribution in [2.24, 2.45) is 0 Å². The smallest absolute Gasteiger partial charge is 0.110 e. The zero-order chi connectivity index (χ0) is 11.1. The van der Waals surface area contributed by atoms with Gasteiger partial charge in [0.2, 0.25) is 0 Å². The summed E-state index contributed by atoms with van der Waals surface area (Å²) in [5.74, 6) is 0. The second kappa shape index (κ2) is 7.14. The van der Waals surface area contributed by atoms with E-state index in [0.29, 0.717) is 6.42 Å². The van der Waals surface area contributed by atoms with Gasteiger partial charge in [-0.2, -0.15) is 0 Å². The fourth-order valence-electron chi connectivity index (χ4n) is 1.15.